The Balaban J connectivity index is 4.40. The van der Waals surface area contributed by atoms with Crippen LogP contribution in [0.4, 0.5) is 0 Å². The van der Waals surface area contributed by atoms with Crippen molar-refractivity contribution in [3.63, 3.8) is 0 Å². The molecular weight excluding hydrogens is 372 g/mol. The Labute approximate surface area is 173 Å². The van der Waals surface area contributed by atoms with E-state index in [1.807, 2.05) is 0 Å². The lowest BCUT2D eigenvalue weighted by molar-refractivity contribution is -0.147. The zero-order valence-electron chi connectivity index (χ0n) is 17.1. The van der Waals surface area contributed by atoms with E-state index in [1.165, 1.54) is 6.92 Å². The third-order valence-corrected chi connectivity index (χ3v) is 3.20. The summed E-state index contributed by atoms with van der Waals surface area (Å²) in [6, 6.07) is 0. The molecule has 0 saturated carbocycles. The van der Waals surface area contributed by atoms with Gasteiger partial charge in [-0.1, -0.05) is 37.1 Å². The van der Waals surface area contributed by atoms with Crippen molar-refractivity contribution in [1.29, 1.82) is 0 Å². The number of allylic oxidation sites excluding steroid dienone is 6. The Morgan fingerprint density at radius 2 is 1.86 bits per heavy atom. The van der Waals surface area contributed by atoms with Gasteiger partial charge in [0.15, 0.2) is 5.76 Å². The second-order valence-corrected chi connectivity index (χ2v) is 5.90. The van der Waals surface area contributed by atoms with Gasteiger partial charge in [-0.05, 0) is 49.5 Å². The van der Waals surface area contributed by atoms with E-state index in [9.17, 15) is 9.59 Å². The van der Waals surface area contributed by atoms with Crippen molar-refractivity contribution >= 4 is 11.9 Å². The van der Waals surface area contributed by atoms with E-state index < -0.39 is 24.6 Å². The predicted molar refractivity (Wildman–Crippen MR) is 111 cm³/mol. The van der Waals surface area contributed by atoms with Crippen molar-refractivity contribution in [2.45, 2.75) is 58.5 Å². The number of carbonyl (C=O) groups excluding carboxylic acids is 2. The normalized spacial score (nSPS) is 12.1. The summed E-state index contributed by atoms with van der Waals surface area (Å²) in [6.45, 7) is 2.69. The summed E-state index contributed by atoms with van der Waals surface area (Å²) < 4.78 is 9.79. The molecule has 1 atom stereocenters. The number of rotatable bonds is 12. The van der Waals surface area contributed by atoms with E-state index in [-0.39, 0.29) is 25.2 Å². The number of aliphatic hydroxyl groups is 2. The van der Waals surface area contributed by atoms with Crippen LogP contribution in [0, 0.1) is 23.7 Å². The zero-order chi connectivity index (χ0) is 21.7. The number of hydrogen-bond acceptors (Lipinski definition) is 6. The molecule has 0 fully saturated rings. The summed E-state index contributed by atoms with van der Waals surface area (Å²) in [5, 5.41) is 17.7. The summed E-state index contributed by atoms with van der Waals surface area (Å²) in [5.74, 6) is 9.86. The van der Waals surface area contributed by atoms with Gasteiger partial charge in [0.1, 0.15) is 12.7 Å². The smallest absolute Gasteiger partial charge is 0.308 e. The van der Waals surface area contributed by atoms with E-state index in [0.29, 0.717) is 6.42 Å². The lowest BCUT2D eigenvalue weighted by atomic mass is 10.2. The van der Waals surface area contributed by atoms with Gasteiger partial charge in [0.2, 0.25) is 0 Å². The highest BCUT2D eigenvalue weighted by molar-refractivity contribution is 5.69. The topological polar surface area (TPSA) is 93.1 Å². The fraction of sp³-hybridized carbons (Fsp3) is 0.478. The van der Waals surface area contributed by atoms with Crippen molar-refractivity contribution in [2.75, 3.05) is 13.2 Å². The van der Waals surface area contributed by atoms with Crippen LogP contribution >= 0.6 is 0 Å². The fourth-order valence-corrected chi connectivity index (χ4v) is 1.82. The minimum Gasteiger partial charge on any atom is -0.463 e. The summed E-state index contributed by atoms with van der Waals surface area (Å²) in [5.41, 5.74) is 0. The first-order valence-electron chi connectivity index (χ1n) is 9.61. The van der Waals surface area contributed by atoms with Crippen molar-refractivity contribution in [3.05, 3.63) is 36.1 Å². The van der Waals surface area contributed by atoms with Gasteiger partial charge in [-0.25, -0.2) is 0 Å². The van der Waals surface area contributed by atoms with Gasteiger partial charge < -0.3 is 19.7 Å². The molecule has 6 heteroatoms. The first-order valence-corrected chi connectivity index (χ1v) is 9.61. The van der Waals surface area contributed by atoms with Crippen LogP contribution < -0.4 is 0 Å². The first kappa shape index (κ1) is 26.2. The highest BCUT2D eigenvalue weighted by Crippen LogP contribution is 2.03. The average Bonchev–Trinajstić information content (AvgIpc) is 2.69. The summed E-state index contributed by atoms with van der Waals surface area (Å²) in [7, 11) is 0. The highest BCUT2D eigenvalue weighted by Gasteiger charge is 2.06. The van der Waals surface area contributed by atoms with Crippen LogP contribution in [0.25, 0.3) is 0 Å². The van der Waals surface area contributed by atoms with Crippen molar-refractivity contribution < 1.29 is 29.3 Å². The first-order chi connectivity index (χ1) is 14.0. The number of esters is 2. The molecule has 0 aromatic heterocycles. The minimum atomic E-state index is -1.07. The molecule has 0 rings (SSSR count). The second-order valence-electron chi connectivity index (χ2n) is 5.90. The van der Waals surface area contributed by atoms with Crippen LogP contribution in [0.5, 0.6) is 0 Å². The van der Waals surface area contributed by atoms with Gasteiger partial charge in [-0.15, -0.1) is 0 Å². The second kappa shape index (κ2) is 18.6. The quantitative estimate of drug-likeness (QED) is 0.171. The monoisotopic (exact) mass is 402 g/mol. The Bertz CT molecular complexity index is 694. The maximum absolute atomic E-state index is 11.4. The average molecular weight is 402 g/mol. The van der Waals surface area contributed by atoms with Crippen molar-refractivity contribution in [2.24, 2.45) is 0 Å². The number of unbranched alkanes of at least 4 members (excludes halogenated alkanes) is 1. The number of hydrogen-bond donors (Lipinski definition) is 2. The molecule has 29 heavy (non-hydrogen) atoms. The molecule has 0 spiro atoms. The molecule has 0 radical (unpaired) electrons. The molecule has 0 amide bonds. The van der Waals surface area contributed by atoms with Gasteiger partial charge in [-0.3, -0.25) is 9.59 Å². The molecule has 158 valence electrons. The van der Waals surface area contributed by atoms with Crippen LogP contribution in [0.3, 0.4) is 0 Å². The molecule has 0 aromatic rings. The lowest BCUT2D eigenvalue weighted by Gasteiger charge is -2.07. The summed E-state index contributed by atoms with van der Waals surface area (Å²) >= 11 is 0. The van der Waals surface area contributed by atoms with Gasteiger partial charge in [0.25, 0.3) is 0 Å². The van der Waals surface area contributed by atoms with Gasteiger partial charge in [-0.2, -0.15) is 0 Å². The summed E-state index contributed by atoms with van der Waals surface area (Å²) in [4.78, 5) is 22.5. The van der Waals surface area contributed by atoms with Crippen LogP contribution in [0.1, 0.15) is 52.4 Å². The maximum Gasteiger partial charge on any atom is 0.308 e. The fourth-order valence-electron chi connectivity index (χ4n) is 1.82. The molecule has 6 nitrogen and oxygen atoms in total. The number of aliphatic hydroxyl groups excluding tert-OH is 2. The van der Waals surface area contributed by atoms with E-state index in [2.05, 4.69) is 54.9 Å². The standard InChI is InChI=1S/C23H30O6/c1-3-4-5-6-7-8-9-12-15-22(29-20(2)25)16-13-10-11-14-17-23(27)28-19-21(26)18-24/h4-5,7-8,15,21,24,26H,3,6,9,12,14,17-19H2,1-2H3/b5-4-,8-7-,22-15+. The summed E-state index contributed by atoms with van der Waals surface area (Å²) in [6.07, 6.45) is 12.8. The van der Waals surface area contributed by atoms with Crippen LogP contribution in [-0.2, 0) is 19.1 Å². The van der Waals surface area contributed by atoms with Gasteiger partial charge >= 0.3 is 11.9 Å². The molecule has 0 aliphatic carbocycles. The molecular formula is C23H30O6. The molecule has 0 heterocycles. The SMILES string of the molecule is CC/C=C\C/C=C\CC/C=C(\C#CC#CCCC(=O)OCC(O)CO)OC(C)=O. The van der Waals surface area contributed by atoms with E-state index in [0.717, 1.165) is 19.3 Å². The van der Waals surface area contributed by atoms with E-state index in [4.69, 9.17) is 19.7 Å². The van der Waals surface area contributed by atoms with Crippen LogP contribution in [-0.4, -0.2) is 41.5 Å². The van der Waals surface area contributed by atoms with Crippen molar-refractivity contribution in [3.8, 4) is 23.7 Å². The van der Waals surface area contributed by atoms with E-state index in [1.54, 1.807) is 6.08 Å². The van der Waals surface area contributed by atoms with Gasteiger partial charge in [0.05, 0.1) is 13.0 Å². The maximum atomic E-state index is 11.4. The Hall–Kier alpha value is -2.80. The molecule has 0 bridgehead atoms. The van der Waals surface area contributed by atoms with Crippen LogP contribution in [0.15, 0.2) is 36.1 Å². The molecule has 1 unspecified atom stereocenters. The lowest BCUT2D eigenvalue weighted by Crippen LogP contribution is -2.21. The third kappa shape index (κ3) is 18.3. The zero-order valence-corrected chi connectivity index (χ0v) is 17.1. The Morgan fingerprint density at radius 1 is 1.10 bits per heavy atom. The molecule has 2 N–H and O–H groups in total. The third-order valence-electron chi connectivity index (χ3n) is 3.20. The molecule has 0 aromatic carbocycles. The van der Waals surface area contributed by atoms with Gasteiger partial charge in [0, 0.05) is 13.3 Å². The largest absolute Gasteiger partial charge is 0.463 e. The minimum absolute atomic E-state index is 0.0548. The number of ether oxygens (including phenoxy) is 2. The van der Waals surface area contributed by atoms with Crippen LogP contribution in [0.2, 0.25) is 0 Å². The number of carbonyl (C=O) groups is 2. The molecule has 0 saturated heterocycles. The van der Waals surface area contributed by atoms with E-state index >= 15 is 0 Å². The highest BCUT2D eigenvalue weighted by atomic mass is 16.5. The van der Waals surface area contributed by atoms with Crippen molar-refractivity contribution in [1.82, 2.24) is 0 Å². The predicted octanol–water partition coefficient (Wildman–Crippen LogP) is 2.81. The molecule has 0 aliphatic heterocycles. The Kier molecular flexibility index (Phi) is 16.8. The molecule has 0 aliphatic rings. The Morgan fingerprint density at radius 3 is 2.55 bits per heavy atom.